The number of Topliss-reactive ketones (excluding diaryl/α,β-unsaturated/α-hetero) is 1. The molecule has 21 heavy (non-hydrogen) atoms. The SMILES string of the molecule is Cc1ccc(OC[C@@H](O)[C@H](C)NC(C)C)c2c1C(=O)CC2. The van der Waals surface area contributed by atoms with Crippen molar-refractivity contribution in [1.29, 1.82) is 0 Å². The standard InChI is InChI=1S/C17H25NO3/c1-10(2)18-12(4)15(20)9-21-16-8-5-11(3)17-13(16)6-7-14(17)19/h5,8,10,12,15,18,20H,6-7,9H2,1-4H3/t12-,15+/m0/s1. The monoisotopic (exact) mass is 291 g/mol. The third-order valence-corrected chi connectivity index (χ3v) is 3.94. The first-order valence-electron chi connectivity index (χ1n) is 7.62. The number of hydrogen-bond donors (Lipinski definition) is 2. The summed E-state index contributed by atoms with van der Waals surface area (Å²) in [6.07, 6.45) is 0.715. The molecule has 0 aliphatic heterocycles. The molecule has 4 nitrogen and oxygen atoms in total. The van der Waals surface area contributed by atoms with E-state index < -0.39 is 6.10 Å². The second kappa shape index (κ2) is 6.58. The van der Waals surface area contributed by atoms with E-state index in [-0.39, 0.29) is 18.4 Å². The number of benzene rings is 1. The highest BCUT2D eigenvalue weighted by Crippen LogP contribution is 2.33. The van der Waals surface area contributed by atoms with Gasteiger partial charge in [-0.25, -0.2) is 0 Å². The van der Waals surface area contributed by atoms with Crippen molar-refractivity contribution < 1.29 is 14.6 Å². The molecule has 1 aliphatic rings. The zero-order valence-corrected chi connectivity index (χ0v) is 13.3. The molecular weight excluding hydrogens is 266 g/mol. The quantitative estimate of drug-likeness (QED) is 0.844. The van der Waals surface area contributed by atoms with Gasteiger partial charge in [0.15, 0.2) is 5.78 Å². The van der Waals surface area contributed by atoms with Crippen LogP contribution < -0.4 is 10.1 Å². The smallest absolute Gasteiger partial charge is 0.163 e. The molecule has 2 atom stereocenters. The van der Waals surface area contributed by atoms with E-state index in [0.29, 0.717) is 12.5 Å². The Bertz CT molecular complexity index is 525. The Labute approximate surface area is 126 Å². The molecule has 0 amide bonds. The van der Waals surface area contributed by atoms with Gasteiger partial charge in [-0.05, 0) is 31.9 Å². The Morgan fingerprint density at radius 3 is 2.67 bits per heavy atom. The summed E-state index contributed by atoms with van der Waals surface area (Å²) < 4.78 is 5.77. The molecule has 0 unspecified atom stereocenters. The summed E-state index contributed by atoms with van der Waals surface area (Å²) in [5.41, 5.74) is 2.82. The molecule has 0 spiro atoms. The van der Waals surface area contributed by atoms with Crippen LogP contribution in [0.3, 0.4) is 0 Å². The first-order chi connectivity index (χ1) is 9.90. The Morgan fingerprint density at radius 1 is 1.29 bits per heavy atom. The second-order valence-electron chi connectivity index (χ2n) is 6.15. The van der Waals surface area contributed by atoms with E-state index in [1.807, 2.05) is 39.8 Å². The van der Waals surface area contributed by atoms with Gasteiger partial charge < -0.3 is 15.2 Å². The molecule has 0 heterocycles. The summed E-state index contributed by atoms with van der Waals surface area (Å²) in [4.78, 5) is 11.9. The molecule has 0 aromatic heterocycles. The van der Waals surface area contributed by atoms with Crippen LogP contribution in [-0.2, 0) is 6.42 Å². The number of carbonyl (C=O) groups excluding carboxylic acids is 1. The fourth-order valence-electron chi connectivity index (χ4n) is 2.84. The summed E-state index contributed by atoms with van der Waals surface area (Å²) in [7, 11) is 0. The maximum atomic E-state index is 11.9. The predicted molar refractivity (Wildman–Crippen MR) is 83.1 cm³/mol. The summed E-state index contributed by atoms with van der Waals surface area (Å²) in [6.45, 7) is 8.21. The molecule has 1 aliphatic carbocycles. The summed E-state index contributed by atoms with van der Waals surface area (Å²) in [5, 5.41) is 13.4. The minimum atomic E-state index is -0.582. The Kier molecular flexibility index (Phi) is 5.01. The summed E-state index contributed by atoms with van der Waals surface area (Å²) >= 11 is 0. The van der Waals surface area contributed by atoms with Crippen LogP contribution >= 0.6 is 0 Å². The number of aliphatic hydroxyl groups excluding tert-OH is 1. The Morgan fingerprint density at radius 2 is 2.00 bits per heavy atom. The number of nitrogens with one attached hydrogen (secondary N) is 1. The van der Waals surface area contributed by atoms with Crippen molar-refractivity contribution >= 4 is 5.78 Å². The predicted octanol–water partition coefficient (Wildman–Crippen LogP) is 2.25. The van der Waals surface area contributed by atoms with E-state index in [4.69, 9.17) is 4.74 Å². The lowest BCUT2D eigenvalue weighted by Gasteiger charge is -2.23. The van der Waals surface area contributed by atoms with Crippen LogP contribution in [-0.4, -0.2) is 35.7 Å². The largest absolute Gasteiger partial charge is 0.491 e. The van der Waals surface area contributed by atoms with Crippen LogP contribution in [0.15, 0.2) is 12.1 Å². The molecule has 1 aromatic carbocycles. The Balaban J connectivity index is 2.03. The molecule has 0 fully saturated rings. The van der Waals surface area contributed by atoms with Crippen LogP contribution in [0.1, 0.15) is 48.7 Å². The number of ketones is 1. The first kappa shape index (κ1) is 16.0. The lowest BCUT2D eigenvalue weighted by atomic mass is 10.0. The fourth-order valence-corrected chi connectivity index (χ4v) is 2.84. The molecule has 0 saturated carbocycles. The van der Waals surface area contributed by atoms with Crippen molar-refractivity contribution in [3.63, 3.8) is 0 Å². The molecule has 116 valence electrons. The van der Waals surface area contributed by atoms with Gasteiger partial charge in [0.25, 0.3) is 0 Å². The zero-order chi connectivity index (χ0) is 15.6. The number of aliphatic hydroxyl groups is 1. The number of carbonyl (C=O) groups is 1. The van der Waals surface area contributed by atoms with E-state index in [0.717, 1.165) is 28.9 Å². The molecular formula is C17H25NO3. The van der Waals surface area contributed by atoms with Crippen molar-refractivity contribution in [3.05, 3.63) is 28.8 Å². The van der Waals surface area contributed by atoms with Gasteiger partial charge in [0, 0.05) is 29.6 Å². The van der Waals surface area contributed by atoms with Gasteiger partial charge in [-0.1, -0.05) is 19.9 Å². The number of fused-ring (bicyclic) bond motifs is 1. The maximum Gasteiger partial charge on any atom is 0.163 e. The van der Waals surface area contributed by atoms with Crippen molar-refractivity contribution in [1.82, 2.24) is 5.32 Å². The van der Waals surface area contributed by atoms with Crippen molar-refractivity contribution in [2.24, 2.45) is 0 Å². The fraction of sp³-hybridized carbons (Fsp3) is 0.588. The molecule has 2 rings (SSSR count). The third-order valence-electron chi connectivity index (χ3n) is 3.94. The van der Waals surface area contributed by atoms with E-state index in [9.17, 15) is 9.90 Å². The van der Waals surface area contributed by atoms with Gasteiger partial charge in [-0.15, -0.1) is 0 Å². The van der Waals surface area contributed by atoms with E-state index >= 15 is 0 Å². The molecule has 4 heteroatoms. The number of rotatable bonds is 6. The average molecular weight is 291 g/mol. The number of aryl methyl sites for hydroxylation is 1. The van der Waals surface area contributed by atoms with Gasteiger partial charge in [0.2, 0.25) is 0 Å². The highest BCUT2D eigenvalue weighted by Gasteiger charge is 2.25. The van der Waals surface area contributed by atoms with Crippen LogP contribution in [0.5, 0.6) is 5.75 Å². The molecule has 0 saturated heterocycles. The van der Waals surface area contributed by atoms with Gasteiger partial charge in [0.1, 0.15) is 18.5 Å². The highest BCUT2D eigenvalue weighted by atomic mass is 16.5. The van der Waals surface area contributed by atoms with Crippen LogP contribution in [0.4, 0.5) is 0 Å². The molecule has 2 N–H and O–H groups in total. The zero-order valence-electron chi connectivity index (χ0n) is 13.3. The second-order valence-corrected chi connectivity index (χ2v) is 6.15. The van der Waals surface area contributed by atoms with Gasteiger partial charge >= 0.3 is 0 Å². The minimum Gasteiger partial charge on any atom is -0.491 e. The normalized spacial score (nSPS) is 17.0. The van der Waals surface area contributed by atoms with Crippen LogP contribution in [0.25, 0.3) is 0 Å². The van der Waals surface area contributed by atoms with Gasteiger partial charge in [-0.2, -0.15) is 0 Å². The van der Waals surface area contributed by atoms with Crippen molar-refractivity contribution in [2.45, 2.75) is 58.7 Å². The lowest BCUT2D eigenvalue weighted by molar-refractivity contribution is 0.0755. The molecule has 0 radical (unpaired) electrons. The first-order valence-corrected chi connectivity index (χ1v) is 7.62. The minimum absolute atomic E-state index is 0.0369. The maximum absolute atomic E-state index is 11.9. The highest BCUT2D eigenvalue weighted by molar-refractivity contribution is 6.02. The van der Waals surface area contributed by atoms with Gasteiger partial charge in [-0.3, -0.25) is 4.79 Å². The average Bonchev–Trinajstić information content (AvgIpc) is 2.80. The Hall–Kier alpha value is -1.39. The van der Waals surface area contributed by atoms with Crippen LogP contribution in [0, 0.1) is 6.92 Å². The summed E-state index contributed by atoms with van der Waals surface area (Å²) in [5.74, 6) is 0.931. The van der Waals surface area contributed by atoms with E-state index in [1.165, 1.54) is 0 Å². The number of ether oxygens (including phenoxy) is 1. The van der Waals surface area contributed by atoms with Crippen LogP contribution in [0.2, 0.25) is 0 Å². The van der Waals surface area contributed by atoms with Gasteiger partial charge in [0.05, 0.1) is 0 Å². The van der Waals surface area contributed by atoms with E-state index in [1.54, 1.807) is 0 Å². The molecule has 0 bridgehead atoms. The van der Waals surface area contributed by atoms with E-state index in [2.05, 4.69) is 5.32 Å². The molecule has 1 aromatic rings. The van der Waals surface area contributed by atoms with Crippen molar-refractivity contribution in [2.75, 3.05) is 6.61 Å². The number of hydrogen-bond acceptors (Lipinski definition) is 4. The lowest BCUT2D eigenvalue weighted by Crippen LogP contribution is -2.43. The summed E-state index contributed by atoms with van der Waals surface area (Å²) in [6, 6.07) is 4.10. The topological polar surface area (TPSA) is 58.6 Å². The van der Waals surface area contributed by atoms with Crippen molar-refractivity contribution in [3.8, 4) is 5.75 Å². The third kappa shape index (κ3) is 3.63.